The highest BCUT2D eigenvalue weighted by atomic mass is 14.2. The molecule has 0 saturated carbocycles. The first-order valence-corrected chi connectivity index (χ1v) is 30.8. The summed E-state index contributed by atoms with van der Waals surface area (Å²) >= 11 is 0. The number of rotatable bonds is 16. The fourth-order valence-corrected chi connectivity index (χ4v) is 8.84. The van der Waals surface area contributed by atoms with Gasteiger partial charge in [0, 0.05) is 0 Å². The third-order valence-electron chi connectivity index (χ3n) is 12.9. The van der Waals surface area contributed by atoms with Crippen LogP contribution in [0.25, 0.3) is 50.2 Å². The van der Waals surface area contributed by atoms with Crippen LogP contribution in [0.15, 0.2) is 371 Å². The van der Waals surface area contributed by atoms with Crippen LogP contribution in [0.2, 0.25) is 0 Å². The maximum atomic E-state index is 5.16. The van der Waals surface area contributed by atoms with Crippen molar-refractivity contribution in [2.24, 2.45) is 0 Å². The van der Waals surface area contributed by atoms with Gasteiger partial charge >= 0.3 is 0 Å². The number of allylic oxidation sites excluding steroid dienone is 40. The van der Waals surface area contributed by atoms with Gasteiger partial charge in [0.05, 0.1) is 0 Å². The second-order valence-electron chi connectivity index (χ2n) is 18.8. The standard InChI is InChI=1S/C79H78.2C2H6.2C2H4/c1-7-11-14-17-32-36-47-67(46-35-31-15-12-8-2)78(55-37-16-13-9-3)79(75-52-43-50-71(63-75)72-57-56-64(5)68(60-72)44-10-4)77-54-39-34-30-28-26-24-22-20-18-19-21-23-25-27-29-33-38-53-76(65(77)6)74-51-42-49-70(62-74)73-59-58-66-45-40-41-48-69(66)61-73;4*1-2/h7,9-13,15-17,19-27,29-63H,6,8,14,18,28H2,1-5H3;2*1-2H3;2*1-2H2/b11-7-,13-9+,15-12-,21-19-,22-20-,25-23-,26-24-,29-27+,32-17+,34-30+,35-31-,37-16-,38-33+,44-10-,47-36+,54-39+,67-46+,76-53+,78-55+,79-77-;;;;. The molecular weight excluding hydrogens is 1040 g/mol. The van der Waals surface area contributed by atoms with Crippen molar-refractivity contribution in [2.45, 2.75) is 88.0 Å². The van der Waals surface area contributed by atoms with E-state index in [4.69, 9.17) is 6.58 Å². The molecule has 0 radical (unpaired) electrons. The van der Waals surface area contributed by atoms with E-state index in [2.05, 4.69) is 376 Å². The average Bonchev–Trinajstić information content (AvgIpc) is 1.18. The largest absolute Gasteiger partial charge is 0.106 e. The highest BCUT2D eigenvalue weighted by Crippen LogP contribution is 2.41. The maximum Gasteiger partial charge on any atom is -0.00266 e. The minimum atomic E-state index is 0.788. The summed E-state index contributed by atoms with van der Waals surface area (Å²) in [5.74, 6) is 0. The lowest BCUT2D eigenvalue weighted by Crippen LogP contribution is -2.02. The second-order valence-corrected chi connectivity index (χ2v) is 18.8. The van der Waals surface area contributed by atoms with Gasteiger partial charge in [0.15, 0.2) is 0 Å². The van der Waals surface area contributed by atoms with E-state index in [0.717, 1.165) is 92.5 Å². The Hall–Kier alpha value is -9.62. The van der Waals surface area contributed by atoms with Crippen LogP contribution in [-0.4, -0.2) is 0 Å². The molecule has 0 saturated heterocycles. The van der Waals surface area contributed by atoms with Gasteiger partial charge in [-0.05, 0) is 166 Å². The van der Waals surface area contributed by atoms with E-state index in [-0.39, 0.29) is 0 Å². The molecule has 5 aromatic rings. The summed E-state index contributed by atoms with van der Waals surface area (Å²) < 4.78 is 0. The summed E-state index contributed by atoms with van der Waals surface area (Å²) in [5.41, 5.74) is 15.0. The van der Waals surface area contributed by atoms with E-state index in [0.29, 0.717) is 0 Å². The van der Waals surface area contributed by atoms with E-state index >= 15 is 0 Å². The van der Waals surface area contributed by atoms with Crippen LogP contribution >= 0.6 is 0 Å². The molecular formula is C87H98. The van der Waals surface area contributed by atoms with Crippen LogP contribution in [0.5, 0.6) is 0 Å². The van der Waals surface area contributed by atoms with Crippen LogP contribution in [0.1, 0.15) is 103 Å². The quantitative estimate of drug-likeness (QED) is 0.0682. The van der Waals surface area contributed by atoms with E-state index in [1.165, 1.54) is 21.9 Å². The number of hydrogen-bond acceptors (Lipinski definition) is 0. The van der Waals surface area contributed by atoms with Gasteiger partial charge in [0.1, 0.15) is 0 Å². The average molecular weight is 1140 g/mol. The minimum Gasteiger partial charge on any atom is -0.106 e. The second kappa shape index (κ2) is 47.7. The third-order valence-corrected chi connectivity index (χ3v) is 12.9. The Morgan fingerprint density at radius 3 is 1.74 bits per heavy atom. The molecule has 0 aliphatic heterocycles. The Bertz CT molecular complexity index is 3500. The van der Waals surface area contributed by atoms with E-state index in [1.54, 1.807) is 0 Å². The highest BCUT2D eigenvalue weighted by molar-refractivity contribution is 5.98. The van der Waals surface area contributed by atoms with Crippen molar-refractivity contribution >= 4 is 28.0 Å². The Labute approximate surface area is 528 Å². The fraction of sp³-hybridized carbons (Fsp3) is 0.149. The molecule has 0 unspecified atom stereocenters. The van der Waals surface area contributed by atoms with E-state index < -0.39 is 0 Å². The molecule has 0 N–H and O–H groups in total. The van der Waals surface area contributed by atoms with Crippen molar-refractivity contribution in [1.29, 1.82) is 0 Å². The lowest BCUT2D eigenvalue weighted by Gasteiger charge is -2.22. The van der Waals surface area contributed by atoms with Gasteiger partial charge in [-0.1, -0.05) is 339 Å². The molecule has 0 bridgehead atoms. The lowest BCUT2D eigenvalue weighted by molar-refractivity contribution is 1.22. The number of benzene rings is 5. The number of hydrogen-bond donors (Lipinski definition) is 0. The molecule has 0 atom stereocenters. The van der Waals surface area contributed by atoms with Crippen molar-refractivity contribution in [3.63, 3.8) is 0 Å². The molecule has 1 aliphatic rings. The molecule has 5 aromatic carbocycles. The number of aryl methyl sites for hydroxylation is 1. The van der Waals surface area contributed by atoms with Gasteiger partial charge < -0.3 is 0 Å². The molecule has 0 aromatic heterocycles. The SMILES string of the molecule is C=C.C=C.C=C1\C(c2cccc(-c3ccc4ccccc4c3)c2)=C/C=C/C=C/C=C\C=C/C/C=C\C=C/C/C=C/C=C/C1=C(C(=C/C=C\C=C\C)/C(/C=C/C=C/C/C=C\C)=C/C=C\C=C/CC)\c1cccc(-c2ccc(C)c(/C=C\C)c2)c1.CC.CC. The first-order valence-electron chi connectivity index (χ1n) is 30.8. The summed E-state index contributed by atoms with van der Waals surface area (Å²) in [6.07, 6.45) is 78.6. The molecule has 0 spiro atoms. The first-order chi connectivity index (χ1) is 42.9. The van der Waals surface area contributed by atoms with Crippen molar-refractivity contribution in [2.75, 3.05) is 0 Å². The molecule has 446 valence electrons. The first kappa shape index (κ1) is 73.5. The fourth-order valence-electron chi connectivity index (χ4n) is 8.84. The van der Waals surface area contributed by atoms with Crippen LogP contribution in [0, 0.1) is 6.92 Å². The Kier molecular flexibility index (Phi) is 40.3. The molecule has 6 rings (SSSR count). The lowest BCUT2D eigenvalue weighted by atomic mass is 9.81. The van der Waals surface area contributed by atoms with Gasteiger partial charge in [-0.15, -0.1) is 26.3 Å². The van der Waals surface area contributed by atoms with Crippen molar-refractivity contribution in [3.8, 4) is 22.3 Å². The molecule has 87 heavy (non-hydrogen) atoms. The molecule has 0 amide bonds. The van der Waals surface area contributed by atoms with Gasteiger partial charge in [0.2, 0.25) is 0 Å². The predicted molar refractivity (Wildman–Crippen MR) is 399 cm³/mol. The summed E-state index contributed by atoms with van der Waals surface area (Å²) in [4.78, 5) is 0. The van der Waals surface area contributed by atoms with Gasteiger partial charge in [-0.2, -0.15) is 0 Å². The smallest absolute Gasteiger partial charge is 0.00266 e. The van der Waals surface area contributed by atoms with Crippen LogP contribution in [0.4, 0.5) is 0 Å². The Balaban J connectivity index is 0.00000309. The highest BCUT2D eigenvalue weighted by Gasteiger charge is 2.21. The van der Waals surface area contributed by atoms with E-state index in [1.807, 2.05) is 34.6 Å². The minimum absolute atomic E-state index is 0.788. The molecule has 0 nitrogen and oxygen atoms in total. The van der Waals surface area contributed by atoms with Crippen LogP contribution in [-0.2, 0) is 0 Å². The number of fused-ring (bicyclic) bond motifs is 1. The van der Waals surface area contributed by atoms with Gasteiger partial charge in [-0.3, -0.25) is 0 Å². The maximum absolute atomic E-state index is 5.16. The molecule has 0 heteroatoms. The molecule has 1 aliphatic carbocycles. The Morgan fingerprint density at radius 2 is 1.05 bits per heavy atom. The predicted octanol–water partition coefficient (Wildman–Crippen LogP) is 26.4. The summed E-state index contributed by atoms with van der Waals surface area (Å²) in [5, 5.41) is 2.42. The zero-order valence-corrected chi connectivity index (χ0v) is 54.0. The zero-order chi connectivity index (χ0) is 63.5. The summed E-state index contributed by atoms with van der Waals surface area (Å²) in [6.45, 7) is 35.7. The van der Waals surface area contributed by atoms with Crippen molar-refractivity contribution < 1.29 is 0 Å². The van der Waals surface area contributed by atoms with Crippen molar-refractivity contribution in [1.82, 2.24) is 0 Å². The van der Waals surface area contributed by atoms with E-state index in [9.17, 15) is 0 Å². The topological polar surface area (TPSA) is 0 Å². The Morgan fingerprint density at radius 1 is 0.471 bits per heavy atom. The zero-order valence-electron chi connectivity index (χ0n) is 54.0. The third kappa shape index (κ3) is 26.9. The van der Waals surface area contributed by atoms with Gasteiger partial charge in [-0.25, -0.2) is 0 Å². The van der Waals surface area contributed by atoms with Crippen LogP contribution in [0.3, 0.4) is 0 Å². The normalized spacial score (nSPS) is 17.9. The monoisotopic (exact) mass is 1140 g/mol. The molecule has 0 fully saturated rings. The molecule has 0 heterocycles. The van der Waals surface area contributed by atoms with Crippen molar-refractivity contribution in [3.05, 3.63) is 393 Å². The van der Waals surface area contributed by atoms with Crippen LogP contribution < -0.4 is 0 Å². The summed E-state index contributed by atoms with van der Waals surface area (Å²) in [7, 11) is 0. The van der Waals surface area contributed by atoms with Gasteiger partial charge in [0.25, 0.3) is 0 Å². The summed E-state index contributed by atoms with van der Waals surface area (Å²) in [6, 6.07) is 40.0.